The van der Waals surface area contributed by atoms with Gasteiger partial charge in [-0.3, -0.25) is 14.4 Å². The second-order valence-electron chi connectivity index (χ2n) is 17.6. The summed E-state index contributed by atoms with van der Waals surface area (Å²) in [6.07, 6.45) is 12.3. The molecule has 11 atom stereocenters. The van der Waals surface area contributed by atoms with E-state index in [0.717, 1.165) is 36.8 Å². The Labute approximate surface area is 336 Å². The van der Waals surface area contributed by atoms with Crippen molar-refractivity contribution in [2.75, 3.05) is 11.9 Å². The number of aliphatic hydroxyl groups is 2. The fourth-order valence-corrected chi connectivity index (χ4v) is 10.3. The van der Waals surface area contributed by atoms with Gasteiger partial charge in [-0.25, -0.2) is 0 Å². The van der Waals surface area contributed by atoms with Gasteiger partial charge in [-0.15, -0.1) is 0 Å². The predicted molar refractivity (Wildman–Crippen MR) is 214 cm³/mol. The maximum Gasteiger partial charge on any atom is 0.317 e. The summed E-state index contributed by atoms with van der Waals surface area (Å²) in [7, 11) is 0. The smallest absolute Gasteiger partial charge is 0.317 e. The molecule has 1 aromatic rings. The summed E-state index contributed by atoms with van der Waals surface area (Å²) in [6, 6.07) is 7.50. The lowest BCUT2D eigenvalue weighted by atomic mass is 9.71. The van der Waals surface area contributed by atoms with E-state index in [-0.39, 0.29) is 36.6 Å². The number of hydrogen-bond acceptors (Lipinski definition) is 10. The minimum absolute atomic E-state index is 0.000135. The SMILES string of the molecule is CC[C@H]1O[C@]2(CC[C@@H]1C)C[C@@H]1C[C@@H](C/C=C(\C)[C@H](OC(=O)C3(c4ccc(NC(C)=O)cc4)CCCC3)[C@@H](C)/C=C/C=C3\CO[C@@H]4[C@H](O)C(C)=C[C@@H](C(=O)O1)[C@]34O)O2. The molecule has 310 valence electrons. The molecule has 2 bridgehead atoms. The Morgan fingerprint density at radius 1 is 1.02 bits per heavy atom. The van der Waals surface area contributed by atoms with E-state index in [1.807, 2.05) is 50.3 Å². The second kappa shape index (κ2) is 16.6. The molecule has 4 aliphatic heterocycles. The highest BCUT2D eigenvalue weighted by Gasteiger charge is 2.60. The van der Waals surface area contributed by atoms with Crippen molar-refractivity contribution in [3.8, 4) is 0 Å². The van der Waals surface area contributed by atoms with Gasteiger partial charge in [0.2, 0.25) is 5.91 Å². The first-order chi connectivity index (χ1) is 27.2. The molecule has 0 aromatic heterocycles. The summed E-state index contributed by atoms with van der Waals surface area (Å²) < 4.78 is 32.6. The molecule has 0 radical (unpaired) electrons. The molecule has 11 nitrogen and oxygen atoms in total. The van der Waals surface area contributed by atoms with Crippen molar-refractivity contribution >= 4 is 23.5 Å². The van der Waals surface area contributed by atoms with Crippen LogP contribution in [-0.2, 0) is 43.5 Å². The molecule has 3 saturated heterocycles. The van der Waals surface area contributed by atoms with Crippen LogP contribution in [0.25, 0.3) is 0 Å². The van der Waals surface area contributed by atoms with Crippen LogP contribution in [0.3, 0.4) is 0 Å². The van der Waals surface area contributed by atoms with Gasteiger partial charge >= 0.3 is 11.9 Å². The van der Waals surface area contributed by atoms with Gasteiger partial charge in [-0.2, -0.15) is 0 Å². The largest absolute Gasteiger partial charge is 0.462 e. The number of amides is 1. The van der Waals surface area contributed by atoms with E-state index >= 15 is 0 Å². The molecule has 0 unspecified atom stereocenters. The van der Waals surface area contributed by atoms with E-state index in [4.69, 9.17) is 23.7 Å². The molecule has 3 N–H and O–H groups in total. The number of nitrogens with one attached hydrogen (secondary N) is 1. The van der Waals surface area contributed by atoms with Crippen LogP contribution in [0, 0.1) is 17.8 Å². The third-order valence-electron chi connectivity index (χ3n) is 13.6. The Bertz CT molecular complexity index is 1810. The number of carbonyl (C=O) groups is 3. The first-order valence-electron chi connectivity index (χ1n) is 21.1. The molecule has 11 heteroatoms. The van der Waals surface area contributed by atoms with Crippen molar-refractivity contribution in [3.63, 3.8) is 0 Å². The van der Waals surface area contributed by atoms with E-state index in [9.17, 15) is 24.6 Å². The van der Waals surface area contributed by atoms with Crippen LogP contribution in [0.15, 0.2) is 71.4 Å². The molecule has 6 aliphatic rings. The zero-order valence-corrected chi connectivity index (χ0v) is 34.3. The highest BCUT2D eigenvalue weighted by Crippen LogP contribution is 2.48. The summed E-state index contributed by atoms with van der Waals surface area (Å²) in [5.74, 6) is -2.98. The number of carbonyl (C=O) groups excluding carboxylic acids is 3. The highest BCUT2D eigenvalue weighted by molar-refractivity contribution is 5.89. The average molecular weight is 788 g/mol. The first-order valence-corrected chi connectivity index (χ1v) is 21.1. The number of allylic oxidation sites excluding steroid dienone is 2. The van der Waals surface area contributed by atoms with Crippen LogP contribution in [0.2, 0.25) is 0 Å². The van der Waals surface area contributed by atoms with Crippen LogP contribution in [0.4, 0.5) is 5.69 Å². The standard InChI is InChI=1S/C46H61NO10/c1-7-38-27(2)19-22-45(57-38)25-36-24-35(56-45)18-13-29(4)40(55-43(51)44(20-8-9-21-44)32-14-16-34(17-15-32)47-31(6)48)28(3)11-10-12-33-26-53-41-39(49)30(5)23-37(42(50)54-36)46(33,41)52/h10-17,23,27-28,35-41,49,52H,7-9,18-22,24-26H2,1-6H3,(H,47,48)/b11-10+,29-13+,33-12+/t27-,28-,35+,36-,37-,38+,39+,40+,41+,45+,46+/m0/s1. The normalized spacial score (nSPS) is 40.4. The van der Waals surface area contributed by atoms with Crippen molar-refractivity contribution < 1.29 is 48.3 Å². The number of aliphatic hydroxyl groups excluding tert-OH is 1. The summed E-state index contributed by atoms with van der Waals surface area (Å²) >= 11 is 0. The molecule has 7 rings (SSSR count). The minimum Gasteiger partial charge on any atom is -0.462 e. The number of hydrogen-bond donors (Lipinski definition) is 3. The number of ether oxygens (including phenoxy) is 5. The van der Waals surface area contributed by atoms with Crippen molar-refractivity contribution in [2.45, 2.75) is 159 Å². The Morgan fingerprint density at radius 2 is 1.75 bits per heavy atom. The predicted octanol–water partition coefficient (Wildman–Crippen LogP) is 6.92. The van der Waals surface area contributed by atoms with E-state index in [1.165, 1.54) is 6.92 Å². The van der Waals surface area contributed by atoms with Crippen molar-refractivity contribution in [1.29, 1.82) is 0 Å². The lowest BCUT2D eigenvalue weighted by Crippen LogP contribution is -2.58. The molecule has 1 aromatic carbocycles. The monoisotopic (exact) mass is 787 g/mol. The Hall–Kier alpha value is -3.61. The van der Waals surface area contributed by atoms with Crippen molar-refractivity contribution in [3.05, 3.63) is 76.9 Å². The van der Waals surface area contributed by atoms with E-state index in [2.05, 4.69) is 25.2 Å². The van der Waals surface area contributed by atoms with Crippen LogP contribution in [0.1, 0.15) is 111 Å². The quantitative estimate of drug-likeness (QED) is 0.212. The van der Waals surface area contributed by atoms with Gasteiger partial charge in [0.1, 0.15) is 35.9 Å². The molecule has 1 saturated carbocycles. The first kappa shape index (κ1) is 41.5. The number of benzene rings is 1. The van der Waals surface area contributed by atoms with Crippen molar-refractivity contribution in [2.24, 2.45) is 17.8 Å². The molecular formula is C46H61NO10. The van der Waals surface area contributed by atoms with Crippen LogP contribution >= 0.6 is 0 Å². The van der Waals surface area contributed by atoms with E-state index in [1.54, 1.807) is 19.1 Å². The van der Waals surface area contributed by atoms with Gasteiger partial charge in [-0.05, 0) is 86.3 Å². The lowest BCUT2D eigenvalue weighted by Gasteiger charge is -2.50. The molecule has 4 fully saturated rings. The van der Waals surface area contributed by atoms with Gasteiger partial charge in [-0.1, -0.05) is 76.1 Å². The summed E-state index contributed by atoms with van der Waals surface area (Å²) in [6.45, 7) is 11.5. The zero-order valence-electron chi connectivity index (χ0n) is 34.3. The number of anilines is 1. The number of esters is 2. The van der Waals surface area contributed by atoms with Crippen LogP contribution < -0.4 is 5.32 Å². The number of fused-ring (bicyclic) bond motifs is 2. The van der Waals surface area contributed by atoms with E-state index < -0.39 is 53.1 Å². The maximum atomic E-state index is 14.6. The Kier molecular flexibility index (Phi) is 12.1. The minimum atomic E-state index is -1.83. The number of rotatable bonds is 5. The Morgan fingerprint density at radius 3 is 2.46 bits per heavy atom. The topological polar surface area (TPSA) is 150 Å². The summed E-state index contributed by atoms with van der Waals surface area (Å²) in [4.78, 5) is 40.5. The van der Waals surface area contributed by atoms with Gasteiger partial charge in [0.25, 0.3) is 0 Å². The van der Waals surface area contributed by atoms with Gasteiger partial charge < -0.3 is 39.2 Å². The van der Waals surface area contributed by atoms with Gasteiger partial charge in [0.15, 0.2) is 5.79 Å². The molecule has 1 amide bonds. The van der Waals surface area contributed by atoms with E-state index in [0.29, 0.717) is 61.3 Å². The molecule has 4 heterocycles. The summed E-state index contributed by atoms with van der Waals surface area (Å²) in [5.41, 5.74) is 0.749. The highest BCUT2D eigenvalue weighted by atomic mass is 16.7. The maximum absolute atomic E-state index is 14.6. The van der Waals surface area contributed by atoms with Gasteiger partial charge in [0, 0.05) is 37.8 Å². The van der Waals surface area contributed by atoms with Crippen LogP contribution in [-0.4, -0.2) is 82.7 Å². The Balaban J connectivity index is 1.25. The zero-order chi connectivity index (χ0) is 40.7. The van der Waals surface area contributed by atoms with Gasteiger partial charge in [0.05, 0.1) is 24.2 Å². The fourth-order valence-electron chi connectivity index (χ4n) is 10.3. The molecule has 1 spiro atoms. The second-order valence-corrected chi connectivity index (χ2v) is 17.6. The fraction of sp³-hybridized carbons (Fsp3) is 0.630. The van der Waals surface area contributed by atoms with Crippen molar-refractivity contribution in [1.82, 2.24) is 0 Å². The lowest BCUT2D eigenvalue weighted by molar-refractivity contribution is -0.335. The molecule has 57 heavy (non-hydrogen) atoms. The molecular weight excluding hydrogens is 727 g/mol. The molecule has 2 aliphatic carbocycles. The van der Waals surface area contributed by atoms with Crippen LogP contribution in [0.5, 0.6) is 0 Å². The third-order valence-corrected chi connectivity index (χ3v) is 13.6. The summed E-state index contributed by atoms with van der Waals surface area (Å²) in [5, 5.41) is 26.4. The average Bonchev–Trinajstić information content (AvgIpc) is 3.81. The third kappa shape index (κ3) is 8.07.